The van der Waals surface area contributed by atoms with Crippen LogP contribution >= 0.6 is 0 Å². The van der Waals surface area contributed by atoms with Crippen molar-refractivity contribution in [2.24, 2.45) is 4.99 Å². The van der Waals surface area contributed by atoms with E-state index >= 15 is 0 Å². The summed E-state index contributed by atoms with van der Waals surface area (Å²) >= 11 is 0. The second-order valence-electron chi connectivity index (χ2n) is 7.38. The van der Waals surface area contributed by atoms with Crippen molar-refractivity contribution in [2.75, 3.05) is 49.6 Å². The Morgan fingerprint density at radius 2 is 1.86 bits per heavy atom. The third-order valence-electron chi connectivity index (χ3n) is 5.54. The highest BCUT2D eigenvalue weighted by Crippen LogP contribution is 2.21. The Hall–Kier alpha value is -3.09. The van der Waals surface area contributed by atoms with Gasteiger partial charge in [-0.25, -0.2) is 4.98 Å². The van der Waals surface area contributed by atoms with Gasteiger partial charge in [-0.2, -0.15) is 0 Å². The van der Waals surface area contributed by atoms with Crippen molar-refractivity contribution in [3.05, 3.63) is 54.2 Å². The molecule has 7 nitrogen and oxygen atoms in total. The van der Waals surface area contributed by atoms with Gasteiger partial charge < -0.3 is 20.0 Å². The molecule has 2 aromatic rings. The molecule has 1 aromatic heterocycles. The number of hydrogen-bond acceptors (Lipinski definition) is 4. The summed E-state index contributed by atoms with van der Waals surface area (Å²) in [4.78, 5) is 27.3. The number of carbonyl (C=O) groups excluding carboxylic acids is 1. The molecule has 1 amide bonds. The van der Waals surface area contributed by atoms with E-state index in [-0.39, 0.29) is 5.91 Å². The van der Waals surface area contributed by atoms with Crippen molar-refractivity contribution >= 4 is 23.4 Å². The van der Waals surface area contributed by atoms with E-state index in [1.54, 1.807) is 0 Å². The fourth-order valence-corrected chi connectivity index (χ4v) is 3.92. The molecule has 1 aromatic carbocycles. The quantitative estimate of drug-likeness (QED) is 0.638. The highest BCUT2D eigenvalue weighted by atomic mass is 16.2. The number of rotatable bonds is 4. The third kappa shape index (κ3) is 4.50. The number of nitrogens with one attached hydrogen (secondary N) is 1. The number of pyridine rings is 1. The summed E-state index contributed by atoms with van der Waals surface area (Å²) in [6, 6.07) is 14.3. The molecule has 7 heteroatoms. The molecular weight excluding hydrogens is 364 g/mol. The van der Waals surface area contributed by atoms with Gasteiger partial charge in [0, 0.05) is 64.6 Å². The Morgan fingerprint density at radius 3 is 2.48 bits per heavy atom. The van der Waals surface area contributed by atoms with Gasteiger partial charge in [-0.05, 0) is 36.2 Å². The van der Waals surface area contributed by atoms with E-state index < -0.39 is 0 Å². The van der Waals surface area contributed by atoms with Gasteiger partial charge in [0.05, 0.1) is 0 Å². The first-order chi connectivity index (χ1) is 14.2. The minimum absolute atomic E-state index is 0.223. The van der Waals surface area contributed by atoms with Gasteiger partial charge in [-0.1, -0.05) is 18.2 Å². The SMILES string of the molecule is CN=C(NCc1ccc(N2CCCC2=O)cc1)N1CCN(c2ccccn2)CC1. The number of anilines is 2. The maximum absolute atomic E-state index is 11.9. The summed E-state index contributed by atoms with van der Waals surface area (Å²) in [7, 11) is 1.83. The lowest BCUT2D eigenvalue weighted by Crippen LogP contribution is -2.52. The fraction of sp³-hybridized carbons (Fsp3) is 0.409. The van der Waals surface area contributed by atoms with Gasteiger partial charge in [0.1, 0.15) is 5.82 Å². The third-order valence-corrected chi connectivity index (χ3v) is 5.54. The Kier molecular flexibility index (Phi) is 5.93. The number of hydrogen-bond donors (Lipinski definition) is 1. The molecule has 0 saturated carbocycles. The van der Waals surface area contributed by atoms with Gasteiger partial charge in [-0.15, -0.1) is 0 Å². The Labute approximate surface area is 172 Å². The molecule has 2 fully saturated rings. The standard InChI is InChI=1S/C22H28N6O/c1-23-22(27-15-13-26(14-16-27)20-5-2-3-11-24-20)25-17-18-7-9-19(10-8-18)28-12-4-6-21(28)29/h2-3,5,7-11H,4,6,12-17H2,1H3,(H,23,25). The van der Waals surface area contributed by atoms with Gasteiger partial charge in [0.15, 0.2) is 5.96 Å². The van der Waals surface area contributed by atoms with Gasteiger partial charge >= 0.3 is 0 Å². The molecule has 29 heavy (non-hydrogen) atoms. The monoisotopic (exact) mass is 392 g/mol. The van der Waals surface area contributed by atoms with Crippen LogP contribution in [0, 0.1) is 0 Å². The zero-order valence-electron chi connectivity index (χ0n) is 16.9. The summed E-state index contributed by atoms with van der Waals surface area (Å²) in [6.45, 7) is 5.21. The largest absolute Gasteiger partial charge is 0.353 e. The number of aromatic nitrogens is 1. The molecule has 0 bridgehead atoms. The van der Waals surface area contributed by atoms with Crippen LogP contribution in [0.1, 0.15) is 18.4 Å². The van der Waals surface area contributed by atoms with E-state index in [0.717, 1.165) is 56.6 Å². The molecule has 2 saturated heterocycles. The van der Waals surface area contributed by atoms with E-state index in [1.165, 1.54) is 5.56 Å². The minimum atomic E-state index is 0.223. The van der Waals surface area contributed by atoms with Crippen LogP contribution in [-0.4, -0.2) is 61.5 Å². The zero-order chi connectivity index (χ0) is 20.1. The van der Waals surface area contributed by atoms with E-state index in [0.29, 0.717) is 13.0 Å². The van der Waals surface area contributed by atoms with Crippen molar-refractivity contribution < 1.29 is 4.79 Å². The maximum atomic E-state index is 11.9. The first kappa shape index (κ1) is 19.2. The lowest BCUT2D eigenvalue weighted by Gasteiger charge is -2.37. The van der Waals surface area contributed by atoms with Crippen LogP contribution in [0.25, 0.3) is 0 Å². The molecule has 0 radical (unpaired) electrons. The predicted molar refractivity (Wildman–Crippen MR) is 116 cm³/mol. The van der Waals surface area contributed by atoms with Crippen molar-refractivity contribution in [1.82, 2.24) is 15.2 Å². The van der Waals surface area contributed by atoms with Crippen LogP contribution in [0.5, 0.6) is 0 Å². The van der Waals surface area contributed by atoms with Crippen molar-refractivity contribution in [3.63, 3.8) is 0 Å². The number of benzene rings is 1. The van der Waals surface area contributed by atoms with Crippen molar-refractivity contribution in [3.8, 4) is 0 Å². The molecule has 0 unspecified atom stereocenters. The lowest BCUT2D eigenvalue weighted by atomic mass is 10.2. The normalized spacial score (nSPS) is 17.8. The number of guanidine groups is 1. The Balaban J connectivity index is 1.29. The van der Waals surface area contributed by atoms with Gasteiger partial charge in [-0.3, -0.25) is 9.79 Å². The molecular formula is C22H28N6O. The zero-order valence-corrected chi connectivity index (χ0v) is 16.9. The van der Waals surface area contributed by atoms with Gasteiger partial charge in [0.25, 0.3) is 0 Å². The predicted octanol–water partition coefficient (Wildman–Crippen LogP) is 2.11. The highest BCUT2D eigenvalue weighted by molar-refractivity contribution is 5.95. The molecule has 3 heterocycles. The van der Waals surface area contributed by atoms with Crippen LogP contribution in [0.15, 0.2) is 53.7 Å². The minimum Gasteiger partial charge on any atom is -0.353 e. The van der Waals surface area contributed by atoms with Crippen molar-refractivity contribution in [2.45, 2.75) is 19.4 Å². The summed E-state index contributed by atoms with van der Waals surface area (Å²) in [6.07, 6.45) is 3.45. The second kappa shape index (κ2) is 8.94. The van der Waals surface area contributed by atoms with E-state index in [9.17, 15) is 4.79 Å². The summed E-state index contributed by atoms with van der Waals surface area (Å²) in [5.41, 5.74) is 2.17. The molecule has 2 aliphatic heterocycles. The number of nitrogens with zero attached hydrogens (tertiary/aromatic N) is 5. The number of carbonyl (C=O) groups is 1. The Morgan fingerprint density at radius 1 is 1.07 bits per heavy atom. The topological polar surface area (TPSA) is 64.1 Å². The van der Waals surface area contributed by atoms with Crippen LogP contribution in [0.4, 0.5) is 11.5 Å². The van der Waals surface area contributed by atoms with Crippen LogP contribution in [0.2, 0.25) is 0 Å². The van der Waals surface area contributed by atoms with E-state index in [4.69, 9.17) is 0 Å². The first-order valence-corrected chi connectivity index (χ1v) is 10.3. The first-order valence-electron chi connectivity index (χ1n) is 10.3. The molecule has 2 aliphatic rings. The number of piperazine rings is 1. The lowest BCUT2D eigenvalue weighted by molar-refractivity contribution is -0.117. The summed E-state index contributed by atoms with van der Waals surface area (Å²) in [5.74, 6) is 2.18. The number of amides is 1. The molecule has 0 spiro atoms. The van der Waals surface area contributed by atoms with Crippen molar-refractivity contribution in [1.29, 1.82) is 0 Å². The molecule has 1 N–H and O–H groups in total. The Bertz CT molecular complexity index is 843. The average Bonchev–Trinajstić information content (AvgIpc) is 3.21. The van der Waals surface area contributed by atoms with Crippen LogP contribution < -0.4 is 15.1 Å². The van der Waals surface area contributed by atoms with E-state index in [1.807, 2.05) is 42.4 Å². The number of aliphatic imine (C=N–C) groups is 1. The summed E-state index contributed by atoms with van der Waals surface area (Å²) in [5, 5.41) is 3.47. The fourth-order valence-electron chi connectivity index (χ4n) is 3.92. The smallest absolute Gasteiger partial charge is 0.227 e. The van der Waals surface area contributed by atoms with E-state index in [2.05, 4.69) is 43.3 Å². The molecule has 0 atom stereocenters. The molecule has 0 aliphatic carbocycles. The average molecular weight is 393 g/mol. The second-order valence-corrected chi connectivity index (χ2v) is 7.38. The van der Waals surface area contributed by atoms with Crippen LogP contribution in [0.3, 0.4) is 0 Å². The highest BCUT2D eigenvalue weighted by Gasteiger charge is 2.22. The molecule has 152 valence electrons. The van der Waals surface area contributed by atoms with Gasteiger partial charge in [0.2, 0.25) is 5.91 Å². The summed E-state index contributed by atoms with van der Waals surface area (Å²) < 4.78 is 0. The molecule has 4 rings (SSSR count). The van der Waals surface area contributed by atoms with Crippen LogP contribution in [-0.2, 0) is 11.3 Å². The maximum Gasteiger partial charge on any atom is 0.227 e.